The van der Waals surface area contributed by atoms with Gasteiger partial charge in [0.2, 0.25) is 0 Å². The van der Waals surface area contributed by atoms with Crippen LogP contribution in [0.4, 0.5) is 0 Å². The van der Waals surface area contributed by atoms with Gasteiger partial charge in [0.1, 0.15) is 0 Å². The average molecular weight is 204 g/mol. The van der Waals surface area contributed by atoms with Crippen molar-refractivity contribution >= 4 is 5.78 Å². The van der Waals surface area contributed by atoms with E-state index < -0.39 is 5.60 Å². The summed E-state index contributed by atoms with van der Waals surface area (Å²) >= 11 is 0. The van der Waals surface area contributed by atoms with E-state index in [2.05, 4.69) is 0 Å². The maximum absolute atomic E-state index is 11.7. The van der Waals surface area contributed by atoms with Crippen LogP contribution in [0.25, 0.3) is 0 Å². The van der Waals surface area contributed by atoms with E-state index in [4.69, 9.17) is 0 Å². The van der Waals surface area contributed by atoms with Crippen LogP contribution in [0.15, 0.2) is 30.3 Å². The number of carbonyl (C=O) groups is 1. The van der Waals surface area contributed by atoms with Crippen molar-refractivity contribution in [1.29, 1.82) is 0 Å². The topological polar surface area (TPSA) is 37.3 Å². The molecule has 0 bridgehead atoms. The minimum absolute atomic E-state index is 0.109. The van der Waals surface area contributed by atoms with E-state index in [9.17, 15) is 9.90 Å². The molecule has 2 nitrogen and oxygen atoms in total. The van der Waals surface area contributed by atoms with Gasteiger partial charge in [-0.25, -0.2) is 0 Å². The van der Waals surface area contributed by atoms with E-state index >= 15 is 0 Å². The summed E-state index contributed by atoms with van der Waals surface area (Å²) in [6.45, 7) is 1.48. The SMILES string of the molecule is CC(=O)[C@](O)(c1ccccc1)C1CCC1. The normalized spacial score (nSPS) is 20.4. The zero-order valence-corrected chi connectivity index (χ0v) is 8.94. The number of Topliss-reactive ketones (excluding diaryl/α,β-unsaturated/α-hetero) is 1. The van der Waals surface area contributed by atoms with E-state index in [0.29, 0.717) is 0 Å². The lowest BCUT2D eigenvalue weighted by molar-refractivity contribution is -0.147. The Kier molecular flexibility index (Phi) is 2.61. The zero-order valence-electron chi connectivity index (χ0n) is 8.94. The number of hydrogen-bond acceptors (Lipinski definition) is 2. The van der Waals surface area contributed by atoms with Crippen LogP contribution in [0.1, 0.15) is 31.7 Å². The predicted octanol–water partition coefficient (Wildman–Crippen LogP) is 2.26. The first-order valence-corrected chi connectivity index (χ1v) is 5.44. The first kappa shape index (κ1) is 10.4. The standard InChI is InChI=1S/C13H16O2/c1-10(14)13(15,12-8-5-9-12)11-6-3-2-4-7-11/h2-4,6-7,12,15H,5,8-9H2,1H3/t13-/m0/s1. The Morgan fingerprint density at radius 3 is 2.33 bits per heavy atom. The fraction of sp³-hybridized carbons (Fsp3) is 0.462. The highest BCUT2D eigenvalue weighted by molar-refractivity contribution is 5.86. The van der Waals surface area contributed by atoms with Gasteiger partial charge in [-0.2, -0.15) is 0 Å². The fourth-order valence-corrected chi connectivity index (χ4v) is 2.24. The number of rotatable bonds is 3. The van der Waals surface area contributed by atoms with E-state index in [1.54, 1.807) is 0 Å². The molecule has 1 atom stereocenters. The Morgan fingerprint density at radius 2 is 1.93 bits per heavy atom. The van der Waals surface area contributed by atoms with Crippen molar-refractivity contribution < 1.29 is 9.90 Å². The molecule has 1 aliphatic rings. The third-order valence-electron chi connectivity index (χ3n) is 3.45. The molecule has 0 saturated heterocycles. The van der Waals surface area contributed by atoms with Crippen LogP contribution in [-0.2, 0) is 10.4 Å². The fourth-order valence-electron chi connectivity index (χ4n) is 2.24. The summed E-state index contributed by atoms with van der Waals surface area (Å²) < 4.78 is 0. The van der Waals surface area contributed by atoms with Crippen molar-refractivity contribution in [1.82, 2.24) is 0 Å². The molecule has 2 rings (SSSR count). The van der Waals surface area contributed by atoms with Gasteiger partial charge in [0.05, 0.1) is 0 Å². The van der Waals surface area contributed by atoms with Gasteiger partial charge in [-0.1, -0.05) is 36.8 Å². The summed E-state index contributed by atoms with van der Waals surface area (Å²) in [5, 5.41) is 10.5. The summed E-state index contributed by atoms with van der Waals surface area (Å²) in [6.07, 6.45) is 3.02. The number of carbonyl (C=O) groups excluding carboxylic acids is 1. The quantitative estimate of drug-likeness (QED) is 0.820. The van der Waals surface area contributed by atoms with Gasteiger partial charge in [-0.15, -0.1) is 0 Å². The third-order valence-corrected chi connectivity index (χ3v) is 3.45. The molecule has 0 aliphatic heterocycles. The number of ketones is 1. The molecule has 1 aromatic carbocycles. The molecule has 80 valence electrons. The summed E-state index contributed by atoms with van der Waals surface area (Å²) in [4.78, 5) is 11.7. The monoisotopic (exact) mass is 204 g/mol. The first-order chi connectivity index (χ1) is 7.15. The molecular formula is C13H16O2. The van der Waals surface area contributed by atoms with E-state index in [0.717, 1.165) is 24.8 Å². The van der Waals surface area contributed by atoms with Gasteiger partial charge in [-0.3, -0.25) is 4.79 Å². The third kappa shape index (κ3) is 1.59. The number of aliphatic hydroxyl groups is 1. The van der Waals surface area contributed by atoms with Gasteiger partial charge < -0.3 is 5.11 Å². The summed E-state index contributed by atoms with van der Waals surface area (Å²) in [5.41, 5.74) is -0.512. The molecule has 0 spiro atoms. The molecule has 1 aliphatic carbocycles. The van der Waals surface area contributed by atoms with Gasteiger partial charge >= 0.3 is 0 Å². The van der Waals surface area contributed by atoms with Gasteiger partial charge in [0.15, 0.2) is 11.4 Å². The van der Waals surface area contributed by atoms with Gasteiger partial charge in [-0.05, 0) is 31.2 Å². The van der Waals surface area contributed by atoms with Crippen molar-refractivity contribution in [2.24, 2.45) is 5.92 Å². The number of hydrogen-bond donors (Lipinski definition) is 1. The minimum Gasteiger partial charge on any atom is -0.377 e. The molecule has 0 radical (unpaired) electrons. The molecule has 2 heteroatoms. The average Bonchev–Trinajstić information content (AvgIpc) is 2.16. The largest absolute Gasteiger partial charge is 0.377 e. The van der Waals surface area contributed by atoms with Crippen molar-refractivity contribution in [3.05, 3.63) is 35.9 Å². The molecule has 15 heavy (non-hydrogen) atoms. The lowest BCUT2D eigenvalue weighted by Crippen LogP contribution is -2.44. The van der Waals surface area contributed by atoms with Crippen LogP contribution in [-0.4, -0.2) is 10.9 Å². The Balaban J connectivity index is 2.38. The molecule has 0 aromatic heterocycles. The molecule has 1 saturated carbocycles. The highest BCUT2D eigenvalue weighted by atomic mass is 16.3. The van der Waals surface area contributed by atoms with E-state index in [1.807, 2.05) is 30.3 Å². The zero-order chi connectivity index (χ0) is 10.9. The van der Waals surface area contributed by atoms with Crippen LogP contribution in [0.5, 0.6) is 0 Å². The Bertz CT molecular complexity index is 354. The molecule has 1 N–H and O–H groups in total. The second kappa shape index (κ2) is 3.78. The number of benzene rings is 1. The maximum atomic E-state index is 11.7. The maximum Gasteiger partial charge on any atom is 0.166 e. The summed E-state index contributed by atoms with van der Waals surface area (Å²) in [6, 6.07) is 9.29. The Morgan fingerprint density at radius 1 is 1.33 bits per heavy atom. The van der Waals surface area contributed by atoms with E-state index in [-0.39, 0.29) is 11.7 Å². The molecule has 0 amide bonds. The Hall–Kier alpha value is -1.15. The first-order valence-electron chi connectivity index (χ1n) is 5.44. The van der Waals surface area contributed by atoms with Crippen molar-refractivity contribution in [2.45, 2.75) is 31.8 Å². The van der Waals surface area contributed by atoms with Crippen molar-refractivity contribution in [3.63, 3.8) is 0 Å². The Labute approximate surface area is 89.9 Å². The predicted molar refractivity (Wildman–Crippen MR) is 58.4 cm³/mol. The van der Waals surface area contributed by atoms with Crippen LogP contribution in [0.2, 0.25) is 0 Å². The lowest BCUT2D eigenvalue weighted by Gasteiger charge is -2.40. The molecule has 0 unspecified atom stereocenters. The van der Waals surface area contributed by atoms with Gasteiger partial charge in [0, 0.05) is 0 Å². The highest BCUT2D eigenvalue weighted by Gasteiger charge is 2.45. The second-order valence-corrected chi connectivity index (χ2v) is 4.32. The van der Waals surface area contributed by atoms with Crippen LogP contribution in [0, 0.1) is 5.92 Å². The second-order valence-electron chi connectivity index (χ2n) is 4.32. The molecule has 1 aromatic rings. The molecular weight excluding hydrogens is 188 g/mol. The van der Waals surface area contributed by atoms with Crippen LogP contribution in [0.3, 0.4) is 0 Å². The van der Waals surface area contributed by atoms with Gasteiger partial charge in [0.25, 0.3) is 0 Å². The van der Waals surface area contributed by atoms with Crippen molar-refractivity contribution in [2.75, 3.05) is 0 Å². The summed E-state index contributed by atoms with van der Waals surface area (Å²) in [7, 11) is 0. The minimum atomic E-state index is -1.25. The van der Waals surface area contributed by atoms with Crippen LogP contribution >= 0.6 is 0 Å². The smallest absolute Gasteiger partial charge is 0.166 e. The highest BCUT2D eigenvalue weighted by Crippen LogP contribution is 2.42. The molecule has 0 heterocycles. The van der Waals surface area contributed by atoms with Crippen molar-refractivity contribution in [3.8, 4) is 0 Å². The molecule has 1 fully saturated rings. The summed E-state index contributed by atoms with van der Waals surface area (Å²) in [5.74, 6) is -0.0317. The van der Waals surface area contributed by atoms with E-state index in [1.165, 1.54) is 6.92 Å². The van der Waals surface area contributed by atoms with Crippen LogP contribution < -0.4 is 0 Å². The lowest BCUT2D eigenvalue weighted by atomic mass is 9.68.